The zero-order chi connectivity index (χ0) is 21.5. The molecule has 1 amide bonds. The maximum atomic E-state index is 13.4. The van der Waals surface area contributed by atoms with Crippen LogP contribution in [0.25, 0.3) is 0 Å². The smallest absolute Gasteiger partial charge is 0.248 e. The fourth-order valence-electron chi connectivity index (χ4n) is 3.32. The molecule has 3 rings (SSSR count). The van der Waals surface area contributed by atoms with E-state index < -0.39 is 6.04 Å². The van der Waals surface area contributed by atoms with Crippen molar-refractivity contribution in [2.75, 3.05) is 22.9 Å². The van der Waals surface area contributed by atoms with Gasteiger partial charge in [-0.25, -0.2) is 9.37 Å². The summed E-state index contributed by atoms with van der Waals surface area (Å²) < 4.78 is 13.4. The van der Waals surface area contributed by atoms with E-state index in [0.29, 0.717) is 5.69 Å². The number of carbonyl (C=O) groups excluding carboxylic acids is 1. The van der Waals surface area contributed by atoms with Crippen molar-refractivity contribution in [3.05, 3.63) is 89.9 Å². The topological polar surface area (TPSA) is 62.5 Å². The first-order valence-electron chi connectivity index (χ1n) is 10.1. The van der Waals surface area contributed by atoms with Crippen molar-refractivity contribution in [1.29, 1.82) is 0 Å². The van der Waals surface area contributed by atoms with Crippen molar-refractivity contribution < 1.29 is 9.18 Å². The molecule has 1 atom stereocenters. The van der Waals surface area contributed by atoms with E-state index in [0.717, 1.165) is 30.0 Å². The summed E-state index contributed by atoms with van der Waals surface area (Å²) in [7, 11) is 0. The van der Waals surface area contributed by atoms with Crippen LogP contribution >= 0.6 is 0 Å². The summed E-state index contributed by atoms with van der Waals surface area (Å²) >= 11 is 0. The molecule has 0 saturated heterocycles. The molecule has 1 heterocycles. The number of aromatic nitrogens is 1. The van der Waals surface area contributed by atoms with E-state index in [1.54, 1.807) is 23.2 Å². The third kappa shape index (κ3) is 5.02. The molecule has 156 valence electrons. The van der Waals surface area contributed by atoms with Gasteiger partial charge in [-0.1, -0.05) is 36.4 Å². The molecule has 0 spiro atoms. The summed E-state index contributed by atoms with van der Waals surface area (Å²) in [5.74, 6) is 0.272. The van der Waals surface area contributed by atoms with Crippen molar-refractivity contribution in [3.8, 4) is 0 Å². The van der Waals surface area contributed by atoms with Gasteiger partial charge in [0.2, 0.25) is 5.91 Å². The Kier molecular flexibility index (Phi) is 7.14. The van der Waals surface area contributed by atoms with Crippen LogP contribution < -0.4 is 15.5 Å². The maximum absolute atomic E-state index is 13.4. The molecule has 1 aromatic heterocycles. The van der Waals surface area contributed by atoms with Gasteiger partial charge in [0.05, 0.1) is 6.54 Å². The van der Waals surface area contributed by atoms with E-state index >= 15 is 0 Å². The van der Waals surface area contributed by atoms with Crippen LogP contribution in [0.5, 0.6) is 0 Å². The van der Waals surface area contributed by atoms with Gasteiger partial charge in [0.15, 0.2) is 0 Å². The third-order valence-corrected chi connectivity index (χ3v) is 5.07. The predicted molar refractivity (Wildman–Crippen MR) is 119 cm³/mol. The van der Waals surface area contributed by atoms with Gasteiger partial charge in [-0.15, -0.1) is 0 Å². The number of pyridine rings is 1. The van der Waals surface area contributed by atoms with Crippen molar-refractivity contribution in [2.45, 2.75) is 26.4 Å². The van der Waals surface area contributed by atoms with E-state index in [4.69, 9.17) is 5.73 Å². The minimum atomic E-state index is -0.820. The molecular formula is C24H27FN4O. The average Bonchev–Trinajstić information content (AvgIpc) is 2.79. The van der Waals surface area contributed by atoms with Crippen LogP contribution in [-0.2, 0) is 11.3 Å². The summed E-state index contributed by atoms with van der Waals surface area (Å²) in [6.07, 6.45) is 1.77. The molecule has 5 nitrogen and oxygen atoms in total. The highest BCUT2D eigenvalue weighted by Crippen LogP contribution is 2.23. The lowest BCUT2D eigenvalue weighted by molar-refractivity contribution is -0.120. The SMILES string of the molecule is CCN(CC)c1ccc(CN(C(=O)[C@@H](N)c2ccccc2)c2ccc(F)cc2)cn1. The quantitative estimate of drug-likeness (QED) is 0.606. The van der Waals surface area contributed by atoms with Crippen LogP contribution in [0.2, 0.25) is 0 Å². The Labute approximate surface area is 177 Å². The number of halogens is 1. The van der Waals surface area contributed by atoms with E-state index in [2.05, 4.69) is 23.7 Å². The molecule has 2 N–H and O–H groups in total. The van der Waals surface area contributed by atoms with Crippen LogP contribution in [0.15, 0.2) is 72.9 Å². The monoisotopic (exact) mass is 406 g/mol. The van der Waals surface area contributed by atoms with Crippen LogP contribution in [0.3, 0.4) is 0 Å². The lowest BCUT2D eigenvalue weighted by Crippen LogP contribution is -2.38. The molecule has 0 aliphatic rings. The normalized spacial score (nSPS) is 11.7. The van der Waals surface area contributed by atoms with Crippen LogP contribution in [-0.4, -0.2) is 24.0 Å². The summed E-state index contributed by atoms with van der Waals surface area (Å²) in [6.45, 7) is 6.19. The van der Waals surface area contributed by atoms with Crippen LogP contribution in [0.4, 0.5) is 15.9 Å². The van der Waals surface area contributed by atoms with Crippen LogP contribution in [0, 0.1) is 5.82 Å². The molecule has 30 heavy (non-hydrogen) atoms. The highest BCUT2D eigenvalue weighted by atomic mass is 19.1. The van der Waals surface area contributed by atoms with Gasteiger partial charge in [0, 0.05) is 25.0 Å². The van der Waals surface area contributed by atoms with Gasteiger partial charge in [-0.2, -0.15) is 0 Å². The molecule has 0 bridgehead atoms. The Balaban J connectivity index is 1.88. The van der Waals surface area contributed by atoms with Crippen molar-refractivity contribution >= 4 is 17.4 Å². The minimum Gasteiger partial charge on any atom is -0.357 e. The standard InChI is InChI=1S/C24H27FN4O/c1-3-28(4-2)22-15-10-18(16-27-22)17-29(21-13-11-20(25)12-14-21)24(30)23(26)19-8-6-5-7-9-19/h5-16,23H,3-4,17,26H2,1-2H3/t23-/m0/s1. The highest BCUT2D eigenvalue weighted by molar-refractivity contribution is 5.97. The largest absolute Gasteiger partial charge is 0.357 e. The number of carbonyl (C=O) groups is 1. The Hall–Kier alpha value is -3.25. The molecule has 0 saturated carbocycles. The highest BCUT2D eigenvalue weighted by Gasteiger charge is 2.24. The number of rotatable bonds is 8. The number of amides is 1. The summed E-state index contributed by atoms with van der Waals surface area (Å²) in [5, 5.41) is 0. The maximum Gasteiger partial charge on any atom is 0.248 e. The fraction of sp³-hybridized carbons (Fsp3) is 0.250. The predicted octanol–water partition coefficient (Wildman–Crippen LogP) is 4.30. The van der Waals surface area contributed by atoms with Gasteiger partial charge in [-0.05, 0) is 55.3 Å². The Morgan fingerprint density at radius 3 is 2.23 bits per heavy atom. The molecule has 0 fully saturated rings. The number of hydrogen-bond acceptors (Lipinski definition) is 4. The summed E-state index contributed by atoms with van der Waals surface area (Å²) in [4.78, 5) is 21.5. The van der Waals surface area contributed by atoms with Gasteiger partial charge < -0.3 is 15.5 Å². The summed E-state index contributed by atoms with van der Waals surface area (Å²) in [6, 6.07) is 18.2. The zero-order valence-corrected chi connectivity index (χ0v) is 17.3. The Morgan fingerprint density at radius 2 is 1.67 bits per heavy atom. The Bertz CT molecular complexity index is 941. The first kappa shape index (κ1) is 21.5. The number of nitrogens with two attached hydrogens (primary N) is 1. The van der Waals surface area contributed by atoms with Gasteiger partial charge in [-0.3, -0.25) is 4.79 Å². The first-order chi connectivity index (χ1) is 14.5. The number of hydrogen-bond donors (Lipinski definition) is 1. The molecule has 3 aromatic rings. The van der Waals surface area contributed by atoms with Crippen LogP contribution in [0.1, 0.15) is 31.0 Å². The minimum absolute atomic E-state index is 0.263. The number of benzene rings is 2. The van der Waals surface area contributed by atoms with Gasteiger partial charge in [0.25, 0.3) is 0 Å². The second-order valence-electron chi connectivity index (χ2n) is 6.99. The van der Waals surface area contributed by atoms with E-state index in [1.807, 2.05) is 42.5 Å². The second-order valence-corrected chi connectivity index (χ2v) is 6.99. The first-order valence-corrected chi connectivity index (χ1v) is 10.1. The molecule has 0 aliphatic heterocycles. The lowest BCUT2D eigenvalue weighted by atomic mass is 10.1. The zero-order valence-electron chi connectivity index (χ0n) is 17.3. The van der Waals surface area contributed by atoms with Crippen molar-refractivity contribution in [1.82, 2.24) is 4.98 Å². The van der Waals surface area contributed by atoms with E-state index in [1.165, 1.54) is 12.1 Å². The molecule has 6 heteroatoms. The molecular weight excluding hydrogens is 379 g/mol. The number of nitrogens with zero attached hydrogens (tertiary/aromatic N) is 3. The van der Waals surface area contributed by atoms with Crippen molar-refractivity contribution in [3.63, 3.8) is 0 Å². The lowest BCUT2D eigenvalue weighted by Gasteiger charge is -2.26. The van der Waals surface area contributed by atoms with E-state index in [9.17, 15) is 9.18 Å². The molecule has 0 unspecified atom stereocenters. The summed E-state index contributed by atoms with van der Waals surface area (Å²) in [5.41, 5.74) is 8.45. The molecule has 2 aromatic carbocycles. The number of anilines is 2. The fourth-order valence-corrected chi connectivity index (χ4v) is 3.32. The average molecular weight is 407 g/mol. The van der Waals surface area contributed by atoms with E-state index in [-0.39, 0.29) is 18.3 Å². The second kappa shape index (κ2) is 9.98. The Morgan fingerprint density at radius 1 is 1.00 bits per heavy atom. The molecule has 0 aliphatic carbocycles. The third-order valence-electron chi connectivity index (χ3n) is 5.07. The van der Waals surface area contributed by atoms with Gasteiger partial charge in [0.1, 0.15) is 17.7 Å². The molecule has 0 radical (unpaired) electrons. The van der Waals surface area contributed by atoms with Gasteiger partial charge >= 0.3 is 0 Å². The van der Waals surface area contributed by atoms with Crippen molar-refractivity contribution in [2.24, 2.45) is 5.73 Å².